The van der Waals surface area contributed by atoms with E-state index in [1.54, 1.807) is 4.57 Å². The summed E-state index contributed by atoms with van der Waals surface area (Å²) in [6, 6.07) is 19.4. The molecule has 0 saturated heterocycles. The third kappa shape index (κ3) is 2.80. The van der Waals surface area contributed by atoms with Gasteiger partial charge in [0.05, 0.1) is 11.2 Å². The Labute approximate surface area is 154 Å². The fraction of sp³-hybridized carbons (Fsp3) is 0.143. The lowest BCUT2D eigenvalue weighted by molar-refractivity contribution is 0.649. The van der Waals surface area contributed by atoms with Gasteiger partial charge in [-0.05, 0) is 42.0 Å². The standard InChI is InChI=1S/C21H18N2O2S/c1-15-7-5-6-10-17(15)23-20(24)19-18(12-14-26-19)22(21(23)25)13-11-16-8-3-2-4-9-16/h2-10,12,14H,11,13H2,1H3. The first-order valence-corrected chi connectivity index (χ1v) is 9.38. The van der Waals surface area contributed by atoms with Crippen molar-refractivity contribution in [3.63, 3.8) is 0 Å². The molecule has 0 spiro atoms. The average molecular weight is 362 g/mol. The molecule has 0 aliphatic carbocycles. The van der Waals surface area contributed by atoms with Crippen molar-refractivity contribution in [2.24, 2.45) is 0 Å². The molecule has 4 nitrogen and oxygen atoms in total. The highest BCUT2D eigenvalue weighted by Crippen LogP contribution is 2.18. The predicted molar refractivity (Wildman–Crippen MR) is 107 cm³/mol. The maximum atomic E-state index is 13.2. The monoisotopic (exact) mass is 362 g/mol. The van der Waals surface area contributed by atoms with Crippen molar-refractivity contribution in [2.45, 2.75) is 19.9 Å². The number of para-hydroxylation sites is 1. The summed E-state index contributed by atoms with van der Waals surface area (Å²) in [5, 5.41) is 1.87. The molecule has 5 heteroatoms. The van der Waals surface area contributed by atoms with Gasteiger partial charge in [-0.1, -0.05) is 48.5 Å². The van der Waals surface area contributed by atoms with E-state index in [9.17, 15) is 9.59 Å². The fourth-order valence-electron chi connectivity index (χ4n) is 3.22. The summed E-state index contributed by atoms with van der Waals surface area (Å²) in [6.07, 6.45) is 0.734. The number of nitrogens with zero attached hydrogens (tertiary/aromatic N) is 2. The highest BCUT2D eigenvalue weighted by molar-refractivity contribution is 7.17. The molecule has 2 aromatic heterocycles. The minimum Gasteiger partial charge on any atom is -0.292 e. The first-order valence-electron chi connectivity index (χ1n) is 8.50. The summed E-state index contributed by atoms with van der Waals surface area (Å²) in [4.78, 5) is 26.2. The van der Waals surface area contributed by atoms with Gasteiger partial charge < -0.3 is 0 Å². The van der Waals surface area contributed by atoms with Gasteiger partial charge in [0.15, 0.2) is 0 Å². The summed E-state index contributed by atoms with van der Waals surface area (Å²) in [5.41, 5.74) is 2.89. The van der Waals surface area contributed by atoms with Gasteiger partial charge in [0.25, 0.3) is 5.56 Å². The predicted octanol–water partition coefficient (Wildman–Crippen LogP) is 3.77. The van der Waals surface area contributed by atoms with Gasteiger partial charge in [-0.25, -0.2) is 9.36 Å². The van der Waals surface area contributed by atoms with Crippen LogP contribution in [0.1, 0.15) is 11.1 Å². The topological polar surface area (TPSA) is 44.0 Å². The van der Waals surface area contributed by atoms with E-state index in [0.717, 1.165) is 17.5 Å². The van der Waals surface area contributed by atoms with Crippen LogP contribution in [0.3, 0.4) is 0 Å². The van der Waals surface area contributed by atoms with E-state index in [-0.39, 0.29) is 11.2 Å². The molecule has 0 fully saturated rings. The van der Waals surface area contributed by atoms with Crippen LogP contribution in [0.5, 0.6) is 0 Å². The second kappa shape index (κ2) is 6.77. The van der Waals surface area contributed by atoms with Gasteiger partial charge in [0.2, 0.25) is 0 Å². The Kier molecular flexibility index (Phi) is 4.31. The Morgan fingerprint density at radius 2 is 1.65 bits per heavy atom. The number of aromatic nitrogens is 2. The summed E-state index contributed by atoms with van der Waals surface area (Å²) in [6.45, 7) is 2.44. The van der Waals surface area contributed by atoms with E-state index >= 15 is 0 Å². The Hall–Kier alpha value is -2.92. The molecule has 2 aromatic carbocycles. The lowest BCUT2D eigenvalue weighted by Gasteiger charge is -2.13. The summed E-state index contributed by atoms with van der Waals surface area (Å²) >= 11 is 1.38. The summed E-state index contributed by atoms with van der Waals surface area (Å²) < 4.78 is 3.63. The highest BCUT2D eigenvalue weighted by Gasteiger charge is 2.16. The third-order valence-corrected chi connectivity index (χ3v) is 5.47. The number of thiophene rings is 1. The van der Waals surface area contributed by atoms with E-state index in [2.05, 4.69) is 0 Å². The second-order valence-corrected chi connectivity index (χ2v) is 7.15. The molecule has 0 saturated carbocycles. The van der Waals surface area contributed by atoms with E-state index in [4.69, 9.17) is 0 Å². The van der Waals surface area contributed by atoms with Crippen LogP contribution < -0.4 is 11.2 Å². The van der Waals surface area contributed by atoms with Crippen molar-refractivity contribution in [3.8, 4) is 5.69 Å². The molecule has 4 aromatic rings. The number of benzene rings is 2. The van der Waals surface area contributed by atoms with Crippen LogP contribution in [0.4, 0.5) is 0 Å². The van der Waals surface area contributed by atoms with E-state index in [1.165, 1.54) is 15.9 Å². The molecule has 0 aliphatic rings. The van der Waals surface area contributed by atoms with Gasteiger partial charge in [-0.15, -0.1) is 11.3 Å². The zero-order valence-electron chi connectivity index (χ0n) is 14.4. The van der Waals surface area contributed by atoms with Crippen molar-refractivity contribution >= 4 is 21.6 Å². The van der Waals surface area contributed by atoms with Gasteiger partial charge >= 0.3 is 5.69 Å². The van der Waals surface area contributed by atoms with E-state index < -0.39 is 0 Å². The minimum atomic E-state index is -0.286. The number of rotatable bonds is 4. The van der Waals surface area contributed by atoms with Crippen LogP contribution in [0.2, 0.25) is 0 Å². The zero-order valence-corrected chi connectivity index (χ0v) is 15.2. The Morgan fingerprint density at radius 3 is 2.42 bits per heavy atom. The molecule has 130 valence electrons. The van der Waals surface area contributed by atoms with Crippen LogP contribution in [0.15, 0.2) is 75.6 Å². The van der Waals surface area contributed by atoms with Crippen LogP contribution in [0.25, 0.3) is 15.9 Å². The van der Waals surface area contributed by atoms with E-state index in [0.29, 0.717) is 22.4 Å². The van der Waals surface area contributed by atoms with Gasteiger partial charge in [0.1, 0.15) is 4.70 Å². The smallest absolute Gasteiger partial charge is 0.292 e. The second-order valence-electron chi connectivity index (χ2n) is 6.23. The molecule has 0 atom stereocenters. The summed E-state index contributed by atoms with van der Waals surface area (Å²) in [5.74, 6) is 0. The molecule has 2 heterocycles. The highest BCUT2D eigenvalue weighted by atomic mass is 32.1. The minimum absolute atomic E-state index is 0.245. The van der Waals surface area contributed by atoms with Crippen LogP contribution in [0, 0.1) is 6.92 Å². The maximum absolute atomic E-state index is 13.2. The summed E-state index contributed by atoms with van der Waals surface area (Å²) in [7, 11) is 0. The number of fused-ring (bicyclic) bond motifs is 1. The molecular weight excluding hydrogens is 344 g/mol. The Bertz CT molecular complexity index is 1190. The number of aryl methyl sites for hydroxylation is 3. The molecule has 0 unspecified atom stereocenters. The van der Waals surface area contributed by atoms with Crippen molar-refractivity contribution in [3.05, 3.63) is 98.0 Å². The van der Waals surface area contributed by atoms with Gasteiger partial charge in [-0.2, -0.15) is 0 Å². The van der Waals surface area contributed by atoms with E-state index in [1.807, 2.05) is 73.0 Å². The van der Waals surface area contributed by atoms with Crippen LogP contribution >= 0.6 is 11.3 Å². The third-order valence-electron chi connectivity index (χ3n) is 4.58. The van der Waals surface area contributed by atoms with Crippen molar-refractivity contribution in [1.82, 2.24) is 9.13 Å². The quantitative estimate of drug-likeness (QED) is 0.555. The average Bonchev–Trinajstić information content (AvgIpc) is 3.14. The lowest BCUT2D eigenvalue weighted by Crippen LogP contribution is -2.39. The fourth-order valence-corrected chi connectivity index (χ4v) is 4.04. The van der Waals surface area contributed by atoms with Crippen LogP contribution in [-0.4, -0.2) is 9.13 Å². The Morgan fingerprint density at radius 1 is 0.923 bits per heavy atom. The molecule has 0 radical (unpaired) electrons. The molecule has 0 bridgehead atoms. The number of hydrogen-bond donors (Lipinski definition) is 0. The molecule has 0 amide bonds. The maximum Gasteiger partial charge on any atom is 0.336 e. The Balaban J connectivity index is 1.90. The zero-order chi connectivity index (χ0) is 18.1. The largest absolute Gasteiger partial charge is 0.336 e. The van der Waals surface area contributed by atoms with Crippen LogP contribution in [-0.2, 0) is 13.0 Å². The van der Waals surface area contributed by atoms with Gasteiger partial charge in [0, 0.05) is 6.54 Å². The van der Waals surface area contributed by atoms with Crippen molar-refractivity contribution in [2.75, 3.05) is 0 Å². The van der Waals surface area contributed by atoms with Gasteiger partial charge in [-0.3, -0.25) is 9.36 Å². The normalized spacial score (nSPS) is 11.1. The van der Waals surface area contributed by atoms with Crippen molar-refractivity contribution in [1.29, 1.82) is 0 Å². The molecule has 26 heavy (non-hydrogen) atoms. The first kappa shape index (κ1) is 16.5. The SMILES string of the molecule is Cc1ccccc1-n1c(=O)c2sccc2n(CCc2ccccc2)c1=O. The molecule has 0 N–H and O–H groups in total. The van der Waals surface area contributed by atoms with Crippen molar-refractivity contribution < 1.29 is 0 Å². The first-order chi connectivity index (χ1) is 12.7. The molecular formula is C21H18N2O2S. The molecule has 0 aliphatic heterocycles. The molecule has 4 rings (SSSR count). The lowest BCUT2D eigenvalue weighted by atomic mass is 10.1. The number of hydrogen-bond acceptors (Lipinski definition) is 3.